The van der Waals surface area contributed by atoms with Gasteiger partial charge in [-0.3, -0.25) is 0 Å². The monoisotopic (exact) mass is 233 g/mol. The molecule has 0 aromatic heterocycles. The van der Waals surface area contributed by atoms with Crippen LogP contribution in [0.3, 0.4) is 0 Å². The molecule has 0 aliphatic carbocycles. The minimum absolute atomic E-state index is 0.668. The van der Waals surface area contributed by atoms with Crippen LogP contribution in [0.25, 0.3) is 0 Å². The minimum atomic E-state index is 0.668. The van der Waals surface area contributed by atoms with Crippen LogP contribution in [0.15, 0.2) is 24.3 Å². The Labute approximate surface area is 104 Å². The molecule has 17 heavy (non-hydrogen) atoms. The predicted octanol–water partition coefficient (Wildman–Crippen LogP) is 2.41. The molecule has 1 aromatic rings. The van der Waals surface area contributed by atoms with Gasteiger partial charge < -0.3 is 16.0 Å². The van der Waals surface area contributed by atoms with Gasteiger partial charge in [0.15, 0.2) is 0 Å². The lowest BCUT2D eigenvalue weighted by Crippen LogP contribution is -2.29. The molecule has 1 saturated heterocycles. The highest BCUT2D eigenvalue weighted by molar-refractivity contribution is 5.65. The van der Waals surface area contributed by atoms with Crippen molar-refractivity contribution in [2.75, 3.05) is 30.7 Å². The first-order chi connectivity index (χ1) is 8.16. The van der Waals surface area contributed by atoms with Gasteiger partial charge in [0, 0.05) is 19.1 Å². The zero-order valence-corrected chi connectivity index (χ0v) is 10.8. The van der Waals surface area contributed by atoms with Gasteiger partial charge in [-0.1, -0.05) is 12.1 Å². The molecule has 0 amide bonds. The molecule has 1 aliphatic rings. The Balaban J connectivity index is 1.82. The van der Waals surface area contributed by atoms with Gasteiger partial charge in [-0.05, 0) is 44.9 Å². The van der Waals surface area contributed by atoms with Crippen molar-refractivity contribution in [3.8, 4) is 0 Å². The SMILES string of the molecule is CC(C)N1CCC(CNc2ccccc2N)C1. The Morgan fingerprint density at radius 1 is 1.41 bits per heavy atom. The van der Waals surface area contributed by atoms with Crippen molar-refractivity contribution in [2.24, 2.45) is 5.92 Å². The van der Waals surface area contributed by atoms with Gasteiger partial charge in [0.25, 0.3) is 0 Å². The fourth-order valence-electron chi connectivity index (χ4n) is 2.41. The Morgan fingerprint density at radius 2 is 2.18 bits per heavy atom. The topological polar surface area (TPSA) is 41.3 Å². The first kappa shape index (κ1) is 12.2. The largest absolute Gasteiger partial charge is 0.397 e. The number of nitrogens with one attached hydrogen (secondary N) is 1. The first-order valence-corrected chi connectivity index (χ1v) is 6.49. The number of nitrogens with two attached hydrogens (primary N) is 1. The van der Waals surface area contributed by atoms with E-state index in [4.69, 9.17) is 5.73 Å². The summed E-state index contributed by atoms with van der Waals surface area (Å²) in [7, 11) is 0. The summed E-state index contributed by atoms with van der Waals surface area (Å²) < 4.78 is 0. The number of likely N-dealkylation sites (tertiary alicyclic amines) is 1. The van der Waals surface area contributed by atoms with Crippen LogP contribution in [-0.4, -0.2) is 30.6 Å². The molecule has 94 valence electrons. The average molecular weight is 233 g/mol. The van der Waals surface area contributed by atoms with E-state index in [9.17, 15) is 0 Å². The molecule has 0 radical (unpaired) electrons. The van der Waals surface area contributed by atoms with Crippen LogP contribution < -0.4 is 11.1 Å². The molecule has 2 rings (SSSR count). The predicted molar refractivity (Wildman–Crippen MR) is 74.2 cm³/mol. The number of rotatable bonds is 4. The number of hydrogen-bond donors (Lipinski definition) is 2. The van der Waals surface area contributed by atoms with Crippen LogP contribution in [0.4, 0.5) is 11.4 Å². The Morgan fingerprint density at radius 3 is 2.82 bits per heavy atom. The molecule has 1 fully saturated rings. The molecule has 0 bridgehead atoms. The Hall–Kier alpha value is -1.22. The van der Waals surface area contributed by atoms with Crippen molar-refractivity contribution in [1.82, 2.24) is 4.90 Å². The van der Waals surface area contributed by atoms with Crippen molar-refractivity contribution in [2.45, 2.75) is 26.3 Å². The zero-order valence-electron chi connectivity index (χ0n) is 10.8. The van der Waals surface area contributed by atoms with Crippen LogP contribution in [0.2, 0.25) is 0 Å². The summed E-state index contributed by atoms with van der Waals surface area (Å²) in [6, 6.07) is 8.65. The highest BCUT2D eigenvalue weighted by Gasteiger charge is 2.23. The smallest absolute Gasteiger partial charge is 0.0574 e. The maximum atomic E-state index is 5.91. The third-order valence-electron chi connectivity index (χ3n) is 3.59. The third kappa shape index (κ3) is 3.13. The lowest BCUT2D eigenvalue weighted by Gasteiger charge is -2.20. The van der Waals surface area contributed by atoms with E-state index in [1.807, 2.05) is 24.3 Å². The molecule has 1 unspecified atom stereocenters. The number of para-hydroxylation sites is 2. The average Bonchev–Trinajstić information content (AvgIpc) is 2.77. The fourth-order valence-corrected chi connectivity index (χ4v) is 2.41. The summed E-state index contributed by atoms with van der Waals surface area (Å²) in [6.07, 6.45) is 1.29. The molecule has 1 atom stereocenters. The third-order valence-corrected chi connectivity index (χ3v) is 3.59. The molecular weight excluding hydrogens is 210 g/mol. The van der Waals surface area contributed by atoms with Crippen molar-refractivity contribution >= 4 is 11.4 Å². The van der Waals surface area contributed by atoms with Gasteiger partial charge in [-0.2, -0.15) is 0 Å². The lowest BCUT2D eigenvalue weighted by atomic mass is 10.1. The normalized spacial score (nSPS) is 21.0. The van der Waals surface area contributed by atoms with Crippen molar-refractivity contribution in [1.29, 1.82) is 0 Å². The Bertz CT molecular complexity index is 362. The van der Waals surface area contributed by atoms with Gasteiger partial charge in [-0.15, -0.1) is 0 Å². The van der Waals surface area contributed by atoms with E-state index < -0.39 is 0 Å². The number of hydrogen-bond acceptors (Lipinski definition) is 3. The molecule has 1 heterocycles. The lowest BCUT2D eigenvalue weighted by molar-refractivity contribution is 0.266. The van der Waals surface area contributed by atoms with Crippen molar-refractivity contribution < 1.29 is 0 Å². The maximum absolute atomic E-state index is 5.91. The summed E-state index contributed by atoms with van der Waals surface area (Å²) in [6.45, 7) is 8.00. The highest BCUT2D eigenvalue weighted by atomic mass is 15.2. The molecule has 0 spiro atoms. The summed E-state index contributed by atoms with van der Waals surface area (Å²) in [5.41, 5.74) is 7.81. The number of nitrogen functional groups attached to an aromatic ring is 1. The molecule has 1 aromatic carbocycles. The molecule has 3 heteroatoms. The van der Waals surface area contributed by atoms with Crippen LogP contribution in [-0.2, 0) is 0 Å². The number of nitrogens with zero attached hydrogens (tertiary/aromatic N) is 1. The van der Waals surface area contributed by atoms with Gasteiger partial charge >= 0.3 is 0 Å². The second kappa shape index (κ2) is 5.41. The van der Waals surface area contributed by atoms with E-state index in [0.717, 1.165) is 23.8 Å². The molecular formula is C14H23N3. The summed E-state index contributed by atoms with van der Waals surface area (Å²) >= 11 is 0. The number of benzene rings is 1. The zero-order chi connectivity index (χ0) is 12.3. The first-order valence-electron chi connectivity index (χ1n) is 6.49. The van der Waals surface area contributed by atoms with Crippen LogP contribution >= 0.6 is 0 Å². The van der Waals surface area contributed by atoms with E-state index in [1.54, 1.807) is 0 Å². The van der Waals surface area contributed by atoms with Gasteiger partial charge in [0.05, 0.1) is 11.4 Å². The van der Waals surface area contributed by atoms with E-state index in [0.29, 0.717) is 6.04 Å². The quantitative estimate of drug-likeness (QED) is 0.785. The molecule has 0 saturated carbocycles. The van der Waals surface area contributed by atoms with E-state index in [2.05, 4.69) is 24.1 Å². The van der Waals surface area contributed by atoms with Gasteiger partial charge in [-0.25, -0.2) is 0 Å². The van der Waals surface area contributed by atoms with Crippen LogP contribution in [0.5, 0.6) is 0 Å². The Kier molecular flexibility index (Phi) is 3.89. The van der Waals surface area contributed by atoms with Crippen molar-refractivity contribution in [3.05, 3.63) is 24.3 Å². The fraction of sp³-hybridized carbons (Fsp3) is 0.571. The number of anilines is 2. The summed E-state index contributed by atoms with van der Waals surface area (Å²) in [4.78, 5) is 2.54. The second-order valence-electron chi connectivity index (χ2n) is 5.21. The van der Waals surface area contributed by atoms with E-state index >= 15 is 0 Å². The second-order valence-corrected chi connectivity index (χ2v) is 5.21. The minimum Gasteiger partial charge on any atom is -0.397 e. The standard InChI is InChI=1S/C14H23N3/c1-11(2)17-8-7-12(10-17)9-16-14-6-4-3-5-13(14)15/h3-6,11-12,16H,7-10,15H2,1-2H3. The van der Waals surface area contributed by atoms with Crippen LogP contribution in [0, 0.1) is 5.92 Å². The molecule has 3 N–H and O–H groups in total. The van der Waals surface area contributed by atoms with E-state index in [1.165, 1.54) is 19.5 Å². The molecule has 1 aliphatic heterocycles. The summed E-state index contributed by atoms with van der Waals surface area (Å²) in [5.74, 6) is 0.747. The molecule has 3 nitrogen and oxygen atoms in total. The highest BCUT2D eigenvalue weighted by Crippen LogP contribution is 2.21. The van der Waals surface area contributed by atoms with Gasteiger partial charge in [0.1, 0.15) is 0 Å². The van der Waals surface area contributed by atoms with Gasteiger partial charge in [0.2, 0.25) is 0 Å². The van der Waals surface area contributed by atoms with Crippen molar-refractivity contribution in [3.63, 3.8) is 0 Å². The maximum Gasteiger partial charge on any atom is 0.0574 e. The van der Waals surface area contributed by atoms with E-state index in [-0.39, 0.29) is 0 Å². The summed E-state index contributed by atoms with van der Waals surface area (Å²) in [5, 5.41) is 3.46. The van der Waals surface area contributed by atoms with Crippen LogP contribution in [0.1, 0.15) is 20.3 Å².